The summed E-state index contributed by atoms with van der Waals surface area (Å²) in [5.41, 5.74) is 29.0. The third kappa shape index (κ3) is 10.1. The molecule has 0 saturated carbocycles. The number of hydrogen-bond acceptors (Lipinski definition) is 7. The second-order valence-corrected chi connectivity index (χ2v) is 31.4. The van der Waals surface area contributed by atoms with Crippen LogP contribution in [0.1, 0.15) is 16.7 Å². The molecule has 0 unspecified atom stereocenters. The fraction of sp³-hybridized carbons (Fsp3) is 0. The van der Waals surface area contributed by atoms with Crippen molar-refractivity contribution >= 4 is 175 Å². The first kappa shape index (κ1) is 68.1. The molecule has 0 saturated heterocycles. The van der Waals surface area contributed by atoms with Crippen molar-refractivity contribution in [3.05, 3.63) is 387 Å². The van der Waals surface area contributed by atoms with Gasteiger partial charge in [-0.3, -0.25) is 0 Å². The number of para-hydroxylation sites is 8. The summed E-state index contributed by atoms with van der Waals surface area (Å²) in [6, 6.07) is 136. The van der Waals surface area contributed by atoms with Crippen LogP contribution in [0, 0.1) is 34.0 Å². The van der Waals surface area contributed by atoms with Gasteiger partial charge in [-0.15, -0.1) is 0 Å². The maximum atomic E-state index is 9.99. The van der Waals surface area contributed by atoms with Crippen LogP contribution in [0.2, 0.25) is 0 Å². The standard InChI is InChI=1S/C56H30N4O2.C55H31N3O2/c57-31-35-10-9-11-36(32-58)52(35)34-22-20-33(21-23-34)37-28-38(59-46-16-5-1-14-44(46)53-48(59)26-24-42-40-12-3-7-18-50(40)61-55(42)53)30-39(29-37)60-47-17-6-2-15-45(47)54-49(60)27-25-43-41-13-4-8-19-51(41)62-56(43)54;56-32-33-17-19-34(20-18-33)35-21-23-36(24-22-35)37-29-38(57-46-13-5-1-11-44(46)52-48(57)27-25-42-40-9-3-7-15-50(40)59-54(42)52)31-39(30-37)58-47-14-6-2-12-45(47)53-49(58)28-26-43-41-10-4-8-16-51(41)60-55(43)53/h1-30H;1-31H. The maximum absolute atomic E-state index is 9.99. The maximum Gasteiger partial charge on any atom is 0.145 e. The Hall–Kier alpha value is -17.2. The molecule has 122 heavy (non-hydrogen) atoms. The smallest absolute Gasteiger partial charge is 0.145 e. The molecule has 26 aromatic rings. The van der Waals surface area contributed by atoms with Crippen molar-refractivity contribution in [1.82, 2.24) is 18.3 Å². The molecule has 0 bridgehead atoms. The summed E-state index contributed by atoms with van der Waals surface area (Å²) in [5, 5.41) is 47.0. The van der Waals surface area contributed by atoms with E-state index in [1.165, 1.54) is 0 Å². The molecule has 0 N–H and O–H groups in total. The lowest BCUT2D eigenvalue weighted by Crippen LogP contribution is -2.00. The van der Waals surface area contributed by atoms with E-state index < -0.39 is 0 Å². The molecule has 11 heteroatoms. The monoisotopic (exact) mass is 1560 g/mol. The van der Waals surface area contributed by atoms with Gasteiger partial charge < -0.3 is 35.9 Å². The van der Waals surface area contributed by atoms with Crippen molar-refractivity contribution in [2.45, 2.75) is 0 Å². The van der Waals surface area contributed by atoms with Crippen LogP contribution in [-0.2, 0) is 0 Å². The third-order valence-electron chi connectivity index (χ3n) is 24.9. The van der Waals surface area contributed by atoms with E-state index in [1.54, 1.807) is 18.2 Å². The van der Waals surface area contributed by atoms with E-state index in [2.05, 4.69) is 303 Å². The number of hydrogen-bond donors (Lipinski definition) is 0. The Balaban J connectivity index is 0.000000134. The van der Waals surface area contributed by atoms with Crippen LogP contribution < -0.4 is 0 Å². The highest BCUT2D eigenvalue weighted by Crippen LogP contribution is 2.49. The van der Waals surface area contributed by atoms with Crippen molar-refractivity contribution in [2.24, 2.45) is 0 Å². The lowest BCUT2D eigenvalue weighted by Gasteiger charge is -2.16. The van der Waals surface area contributed by atoms with Gasteiger partial charge in [0, 0.05) is 92.9 Å². The van der Waals surface area contributed by atoms with Crippen LogP contribution in [0.15, 0.2) is 388 Å². The van der Waals surface area contributed by atoms with Crippen molar-refractivity contribution in [3.8, 4) is 85.5 Å². The minimum absolute atomic E-state index is 0.468. The number of benzene rings is 18. The molecule has 0 atom stereocenters. The lowest BCUT2D eigenvalue weighted by molar-refractivity contribution is 0.672. The van der Waals surface area contributed by atoms with Crippen LogP contribution >= 0.6 is 0 Å². The van der Waals surface area contributed by atoms with Gasteiger partial charge >= 0.3 is 0 Å². The normalized spacial score (nSPS) is 11.9. The van der Waals surface area contributed by atoms with Gasteiger partial charge in [-0.1, -0.05) is 212 Å². The van der Waals surface area contributed by atoms with Crippen LogP contribution in [0.4, 0.5) is 0 Å². The van der Waals surface area contributed by atoms with Gasteiger partial charge in [-0.05, 0) is 197 Å². The van der Waals surface area contributed by atoms with E-state index in [0.717, 1.165) is 237 Å². The summed E-state index contributed by atoms with van der Waals surface area (Å²) >= 11 is 0. The van der Waals surface area contributed by atoms with Crippen LogP contribution in [-0.4, -0.2) is 18.3 Å². The molecule has 0 fully saturated rings. The SMILES string of the molecule is N#Cc1ccc(-c2ccc(-c3cc(-n4c5ccccc5c5c6oc7ccccc7c6ccc54)cc(-n4c5ccccc5c5c6oc7ccccc7c6ccc54)c3)cc2)cc1.N#Cc1cccc(C#N)c1-c1ccc(-c2cc(-n3c4ccccc4c4c5oc6ccccc6c5ccc43)cc(-n3c4ccccc4c4c5oc6ccccc6c5ccc43)c2)cc1. The van der Waals surface area contributed by atoms with Gasteiger partial charge in [-0.2, -0.15) is 15.8 Å². The number of furan rings is 4. The van der Waals surface area contributed by atoms with Crippen LogP contribution in [0.3, 0.4) is 0 Å². The highest BCUT2D eigenvalue weighted by atomic mass is 16.3. The summed E-state index contributed by atoms with van der Waals surface area (Å²) in [7, 11) is 0. The molecular formula is C111H61N7O4. The number of aromatic nitrogens is 4. The van der Waals surface area contributed by atoms with Gasteiger partial charge in [0.05, 0.1) is 101 Å². The molecule has 18 aromatic carbocycles. The molecule has 0 radical (unpaired) electrons. The molecule has 8 heterocycles. The van der Waals surface area contributed by atoms with Gasteiger partial charge in [0.25, 0.3) is 0 Å². The molecule has 0 amide bonds. The molecule has 0 aliphatic rings. The van der Waals surface area contributed by atoms with Crippen LogP contribution in [0.25, 0.3) is 242 Å². The summed E-state index contributed by atoms with van der Waals surface area (Å²) < 4.78 is 36.2. The molecule has 0 aliphatic carbocycles. The summed E-state index contributed by atoms with van der Waals surface area (Å²) in [6.45, 7) is 0. The first-order chi connectivity index (χ1) is 60.4. The Morgan fingerprint density at radius 1 is 0.189 bits per heavy atom. The Kier molecular flexibility index (Phi) is 14.7. The molecule has 564 valence electrons. The first-order valence-electron chi connectivity index (χ1n) is 40.7. The quantitative estimate of drug-likeness (QED) is 0.147. The Labute approximate surface area is 694 Å². The fourth-order valence-electron chi connectivity index (χ4n) is 19.6. The second-order valence-electron chi connectivity index (χ2n) is 31.4. The van der Waals surface area contributed by atoms with E-state index in [4.69, 9.17) is 17.7 Å². The van der Waals surface area contributed by atoms with Crippen molar-refractivity contribution in [3.63, 3.8) is 0 Å². The minimum Gasteiger partial charge on any atom is -0.455 e. The molecule has 0 spiro atoms. The highest BCUT2D eigenvalue weighted by molar-refractivity contribution is 6.28. The topological polar surface area (TPSA) is 144 Å². The Morgan fingerprint density at radius 3 is 0.730 bits per heavy atom. The summed E-state index contributed by atoms with van der Waals surface area (Å²) in [5.74, 6) is 0. The molecule has 8 aromatic heterocycles. The van der Waals surface area contributed by atoms with Gasteiger partial charge in [0.2, 0.25) is 0 Å². The first-order valence-corrected chi connectivity index (χ1v) is 40.7. The third-order valence-corrected chi connectivity index (χ3v) is 24.9. The predicted molar refractivity (Wildman–Crippen MR) is 495 cm³/mol. The Morgan fingerprint density at radius 2 is 0.443 bits per heavy atom. The average Bonchev–Trinajstić information content (AvgIpc) is 1.58. The van der Waals surface area contributed by atoms with E-state index in [-0.39, 0.29) is 0 Å². The number of fused-ring (bicyclic) bond motifs is 28. The average molecular weight is 1560 g/mol. The van der Waals surface area contributed by atoms with Crippen LogP contribution in [0.5, 0.6) is 0 Å². The molecular weight excluding hydrogens is 1500 g/mol. The summed E-state index contributed by atoms with van der Waals surface area (Å²) in [6.07, 6.45) is 0. The van der Waals surface area contributed by atoms with E-state index in [1.807, 2.05) is 84.9 Å². The van der Waals surface area contributed by atoms with Gasteiger partial charge in [0.1, 0.15) is 44.7 Å². The lowest BCUT2D eigenvalue weighted by atomic mass is 9.93. The second kappa shape index (κ2) is 26.4. The van der Waals surface area contributed by atoms with E-state index in [0.29, 0.717) is 22.3 Å². The van der Waals surface area contributed by atoms with Gasteiger partial charge in [0.15, 0.2) is 0 Å². The fourth-order valence-corrected chi connectivity index (χ4v) is 19.6. The molecule has 11 nitrogen and oxygen atoms in total. The zero-order valence-corrected chi connectivity index (χ0v) is 65.0. The Bertz CT molecular complexity index is 8680. The van der Waals surface area contributed by atoms with E-state index in [9.17, 15) is 15.8 Å². The number of rotatable bonds is 8. The summed E-state index contributed by atoms with van der Waals surface area (Å²) in [4.78, 5) is 0. The zero-order chi connectivity index (χ0) is 80.5. The minimum atomic E-state index is 0.468. The van der Waals surface area contributed by atoms with Crippen molar-refractivity contribution in [2.75, 3.05) is 0 Å². The largest absolute Gasteiger partial charge is 0.455 e. The number of nitrogens with zero attached hydrogens (tertiary/aromatic N) is 7. The van der Waals surface area contributed by atoms with E-state index >= 15 is 0 Å². The zero-order valence-electron chi connectivity index (χ0n) is 65.0. The number of nitriles is 3. The molecule has 26 rings (SSSR count). The van der Waals surface area contributed by atoms with Crippen molar-refractivity contribution < 1.29 is 17.7 Å². The van der Waals surface area contributed by atoms with Crippen molar-refractivity contribution in [1.29, 1.82) is 15.8 Å². The van der Waals surface area contributed by atoms with Gasteiger partial charge in [-0.25, -0.2) is 0 Å². The predicted octanol–water partition coefficient (Wildman–Crippen LogP) is 29.6. The highest BCUT2D eigenvalue weighted by Gasteiger charge is 2.27. The molecule has 0 aliphatic heterocycles.